The number of carbonyl (C=O) groups excluding carboxylic acids is 1. The number of halogens is 1. The molecule has 31 heavy (non-hydrogen) atoms. The van der Waals surface area contributed by atoms with Gasteiger partial charge in [0.2, 0.25) is 0 Å². The van der Waals surface area contributed by atoms with Crippen LogP contribution in [0.5, 0.6) is 0 Å². The minimum Gasteiger partial charge on any atom is -0.384 e. The molecule has 0 bridgehead atoms. The highest BCUT2D eigenvalue weighted by molar-refractivity contribution is 7.99. The third kappa shape index (κ3) is 3.91. The number of allylic oxidation sites excluding steroid dienone is 3. The molecule has 2 N–H and O–H groups in total. The predicted molar refractivity (Wildman–Crippen MR) is 129 cm³/mol. The van der Waals surface area contributed by atoms with E-state index in [0.717, 1.165) is 26.9 Å². The van der Waals surface area contributed by atoms with Gasteiger partial charge in [-0.15, -0.1) is 23.1 Å². The number of nitrogens with zero attached hydrogens (tertiary/aromatic N) is 2. The summed E-state index contributed by atoms with van der Waals surface area (Å²) in [7, 11) is 0. The Labute approximate surface area is 196 Å². The van der Waals surface area contributed by atoms with E-state index in [0.29, 0.717) is 34.8 Å². The Morgan fingerprint density at radius 1 is 1.29 bits per heavy atom. The summed E-state index contributed by atoms with van der Waals surface area (Å²) in [5.41, 5.74) is 9.32. The fourth-order valence-corrected chi connectivity index (χ4v) is 6.63. The van der Waals surface area contributed by atoms with Crippen LogP contribution in [-0.4, -0.2) is 11.5 Å². The van der Waals surface area contributed by atoms with Gasteiger partial charge >= 0.3 is 0 Å². The van der Waals surface area contributed by atoms with Crippen molar-refractivity contribution in [3.63, 3.8) is 0 Å². The quantitative estimate of drug-likeness (QED) is 0.520. The van der Waals surface area contributed by atoms with E-state index >= 15 is 0 Å². The maximum absolute atomic E-state index is 13.5. The Bertz CT molecular complexity index is 1140. The molecule has 1 aromatic heterocycles. The van der Waals surface area contributed by atoms with E-state index in [2.05, 4.69) is 32.9 Å². The van der Waals surface area contributed by atoms with Crippen LogP contribution in [0.2, 0.25) is 5.02 Å². The van der Waals surface area contributed by atoms with Gasteiger partial charge < -0.3 is 5.73 Å². The summed E-state index contributed by atoms with van der Waals surface area (Å²) in [4.78, 5) is 17.6. The number of anilines is 1. The lowest BCUT2D eigenvalue weighted by molar-refractivity contribution is -0.118. The second kappa shape index (κ2) is 8.38. The molecule has 0 amide bonds. The number of nitriles is 1. The van der Waals surface area contributed by atoms with Crippen molar-refractivity contribution in [2.75, 3.05) is 10.7 Å². The van der Waals surface area contributed by atoms with Crippen molar-refractivity contribution in [1.29, 1.82) is 5.26 Å². The molecule has 7 heteroatoms. The van der Waals surface area contributed by atoms with Gasteiger partial charge in [0.25, 0.3) is 0 Å². The van der Waals surface area contributed by atoms with Crippen LogP contribution in [0, 0.1) is 16.7 Å². The zero-order valence-electron chi connectivity index (χ0n) is 17.7. The second-order valence-electron chi connectivity index (χ2n) is 8.54. The average Bonchev–Trinajstić information content (AvgIpc) is 3.15. The standard InChI is InChI=1S/C24H24ClN3OS2/c1-4-30-19-9-10-31-22(19)20-16(13-26)23(27)28(15-7-5-14(25)6-8-15)17-11-24(2,3)12-18(29)21(17)20/h5-10,20H,4,11-12,27H2,1-3H3/t20-/m0/s1. The van der Waals surface area contributed by atoms with E-state index < -0.39 is 5.92 Å². The molecule has 4 rings (SSSR count). The molecule has 1 aliphatic carbocycles. The minimum absolute atomic E-state index is 0.0938. The fraction of sp³-hybridized carbons (Fsp3) is 0.333. The first-order valence-corrected chi connectivity index (χ1v) is 12.4. The summed E-state index contributed by atoms with van der Waals surface area (Å²) in [5.74, 6) is 0.985. The highest BCUT2D eigenvalue weighted by Gasteiger charge is 2.45. The van der Waals surface area contributed by atoms with Crippen molar-refractivity contribution in [3.05, 3.63) is 68.3 Å². The van der Waals surface area contributed by atoms with Crippen molar-refractivity contribution >= 4 is 46.2 Å². The third-order valence-electron chi connectivity index (χ3n) is 5.69. The summed E-state index contributed by atoms with van der Waals surface area (Å²) < 4.78 is 0. The van der Waals surface area contributed by atoms with E-state index in [-0.39, 0.29) is 11.2 Å². The Balaban J connectivity index is 1.98. The summed E-state index contributed by atoms with van der Waals surface area (Å²) in [5, 5.41) is 12.8. The van der Waals surface area contributed by atoms with Crippen LogP contribution < -0.4 is 10.6 Å². The normalized spacial score (nSPS) is 20.7. The molecule has 0 fully saturated rings. The molecule has 0 spiro atoms. The molecule has 160 valence electrons. The number of ketones is 1. The molecular weight excluding hydrogens is 446 g/mol. The number of thioether (sulfide) groups is 1. The molecule has 1 aliphatic heterocycles. The maximum atomic E-state index is 13.5. The molecule has 1 atom stereocenters. The molecule has 0 saturated heterocycles. The molecule has 0 saturated carbocycles. The Morgan fingerprint density at radius 2 is 2.00 bits per heavy atom. The number of carbonyl (C=O) groups is 1. The van der Waals surface area contributed by atoms with Crippen LogP contribution >= 0.6 is 34.7 Å². The number of hydrogen-bond donors (Lipinski definition) is 1. The first kappa shape index (κ1) is 22.0. The molecule has 0 unspecified atom stereocenters. The van der Waals surface area contributed by atoms with Gasteiger partial charge in [0, 0.05) is 38.2 Å². The minimum atomic E-state index is -0.416. The molecule has 0 radical (unpaired) electrons. The number of rotatable bonds is 4. The highest BCUT2D eigenvalue weighted by Crippen LogP contribution is 2.52. The van der Waals surface area contributed by atoms with Crippen molar-refractivity contribution in [2.45, 2.75) is 44.4 Å². The van der Waals surface area contributed by atoms with E-state index in [4.69, 9.17) is 17.3 Å². The van der Waals surface area contributed by atoms with Crippen LogP contribution in [0.4, 0.5) is 5.69 Å². The van der Waals surface area contributed by atoms with Gasteiger partial charge in [-0.2, -0.15) is 5.26 Å². The van der Waals surface area contributed by atoms with Crippen LogP contribution in [-0.2, 0) is 4.79 Å². The zero-order chi connectivity index (χ0) is 22.3. The maximum Gasteiger partial charge on any atom is 0.162 e. The summed E-state index contributed by atoms with van der Waals surface area (Å²) in [6.45, 7) is 6.31. The van der Waals surface area contributed by atoms with Gasteiger partial charge in [-0.25, -0.2) is 0 Å². The SMILES string of the molecule is CCSc1ccsc1[C@H]1C(C#N)=C(N)N(c2ccc(Cl)cc2)C2=C1C(=O)CC(C)(C)C2. The lowest BCUT2D eigenvalue weighted by Crippen LogP contribution is -2.42. The van der Waals surface area contributed by atoms with E-state index in [1.807, 2.05) is 22.4 Å². The van der Waals surface area contributed by atoms with Crippen molar-refractivity contribution in [1.82, 2.24) is 0 Å². The number of thiophene rings is 1. The lowest BCUT2D eigenvalue weighted by Gasteiger charge is -2.43. The molecule has 2 aliphatic rings. The number of hydrogen-bond acceptors (Lipinski definition) is 6. The summed E-state index contributed by atoms with van der Waals surface area (Å²) in [6.07, 6.45) is 1.16. The van der Waals surface area contributed by atoms with Crippen molar-refractivity contribution in [3.8, 4) is 6.07 Å². The van der Waals surface area contributed by atoms with Crippen LogP contribution in [0.25, 0.3) is 0 Å². The lowest BCUT2D eigenvalue weighted by atomic mass is 9.69. The van der Waals surface area contributed by atoms with Crippen LogP contribution in [0.1, 0.15) is 44.4 Å². The molecule has 4 nitrogen and oxygen atoms in total. The van der Waals surface area contributed by atoms with Crippen molar-refractivity contribution < 1.29 is 4.79 Å². The highest BCUT2D eigenvalue weighted by atomic mass is 35.5. The summed E-state index contributed by atoms with van der Waals surface area (Å²) >= 11 is 9.43. The smallest absolute Gasteiger partial charge is 0.162 e. The van der Waals surface area contributed by atoms with E-state index in [1.165, 1.54) is 0 Å². The molecule has 2 heterocycles. The monoisotopic (exact) mass is 469 g/mol. The van der Waals surface area contributed by atoms with Gasteiger partial charge in [-0.1, -0.05) is 32.4 Å². The zero-order valence-corrected chi connectivity index (χ0v) is 20.1. The van der Waals surface area contributed by atoms with E-state index in [9.17, 15) is 10.1 Å². The van der Waals surface area contributed by atoms with E-state index in [1.54, 1.807) is 35.2 Å². The van der Waals surface area contributed by atoms with Gasteiger partial charge in [-0.05, 0) is 53.3 Å². The largest absolute Gasteiger partial charge is 0.384 e. The van der Waals surface area contributed by atoms with Gasteiger partial charge in [0.1, 0.15) is 5.82 Å². The first-order chi connectivity index (χ1) is 14.8. The number of nitrogens with two attached hydrogens (primary N) is 1. The van der Waals surface area contributed by atoms with Crippen molar-refractivity contribution in [2.24, 2.45) is 11.1 Å². The van der Waals surface area contributed by atoms with Gasteiger partial charge in [-0.3, -0.25) is 9.69 Å². The van der Waals surface area contributed by atoms with Crippen LogP contribution in [0.3, 0.4) is 0 Å². The topological polar surface area (TPSA) is 70.1 Å². The predicted octanol–water partition coefficient (Wildman–Crippen LogP) is 6.45. The number of benzene rings is 1. The van der Waals surface area contributed by atoms with Gasteiger partial charge in [0.05, 0.1) is 17.6 Å². The Hall–Kier alpha value is -2.20. The molecule has 2 aromatic rings. The fourth-order valence-electron chi connectivity index (χ4n) is 4.45. The Kier molecular flexibility index (Phi) is 5.95. The second-order valence-corrected chi connectivity index (χ2v) is 11.2. The van der Waals surface area contributed by atoms with Gasteiger partial charge in [0.15, 0.2) is 5.78 Å². The Morgan fingerprint density at radius 3 is 2.65 bits per heavy atom. The van der Waals surface area contributed by atoms with Crippen LogP contribution in [0.15, 0.2) is 63.3 Å². The number of Topliss-reactive ketones (excluding diaryl/α,β-unsaturated/α-hetero) is 1. The average molecular weight is 470 g/mol. The first-order valence-electron chi connectivity index (χ1n) is 10.2. The third-order valence-corrected chi connectivity index (χ3v) is 8.00. The summed E-state index contributed by atoms with van der Waals surface area (Å²) in [6, 6.07) is 11.8. The molecular formula is C24H24ClN3OS2. The molecule has 1 aromatic carbocycles.